The SMILES string of the molecule is O=C(CSc1nn(-c2ccccc2)c(=S)s1)c1ccc(Oc2ccccc2)cc1. The summed E-state index contributed by atoms with van der Waals surface area (Å²) in [5.41, 5.74) is 1.56. The lowest BCUT2D eigenvalue weighted by atomic mass is 10.1. The van der Waals surface area contributed by atoms with Crippen molar-refractivity contribution in [2.24, 2.45) is 0 Å². The van der Waals surface area contributed by atoms with Gasteiger partial charge >= 0.3 is 0 Å². The quantitative estimate of drug-likeness (QED) is 0.190. The Bertz CT molecular complexity index is 1150. The van der Waals surface area contributed by atoms with Gasteiger partial charge in [-0.15, -0.1) is 5.10 Å². The molecule has 0 unspecified atom stereocenters. The van der Waals surface area contributed by atoms with E-state index in [1.54, 1.807) is 28.9 Å². The normalized spacial score (nSPS) is 10.6. The van der Waals surface area contributed by atoms with Crippen molar-refractivity contribution >= 4 is 41.1 Å². The average molecular weight is 437 g/mol. The first-order valence-corrected chi connectivity index (χ1v) is 11.0. The third-order valence-electron chi connectivity index (χ3n) is 4.01. The van der Waals surface area contributed by atoms with Gasteiger partial charge in [-0.3, -0.25) is 4.79 Å². The molecule has 0 amide bonds. The molecule has 4 rings (SSSR count). The molecule has 29 heavy (non-hydrogen) atoms. The van der Waals surface area contributed by atoms with E-state index in [1.807, 2.05) is 60.7 Å². The van der Waals surface area contributed by atoms with Crippen LogP contribution in [0.25, 0.3) is 5.69 Å². The highest BCUT2D eigenvalue weighted by atomic mass is 32.2. The zero-order chi connectivity index (χ0) is 20.1. The van der Waals surface area contributed by atoms with E-state index in [2.05, 4.69) is 5.10 Å². The molecule has 4 aromatic rings. The molecule has 0 aliphatic rings. The molecule has 1 aromatic heterocycles. The first-order valence-electron chi connectivity index (χ1n) is 8.83. The number of Topliss-reactive ketones (excluding diaryl/α,β-unsaturated/α-hetero) is 1. The molecule has 144 valence electrons. The van der Waals surface area contributed by atoms with Gasteiger partial charge in [-0.1, -0.05) is 59.5 Å². The number of para-hydroxylation sites is 2. The third kappa shape index (κ3) is 5.00. The van der Waals surface area contributed by atoms with Gasteiger partial charge in [-0.2, -0.15) is 0 Å². The zero-order valence-electron chi connectivity index (χ0n) is 15.2. The predicted molar refractivity (Wildman–Crippen MR) is 120 cm³/mol. The number of nitrogens with zero attached hydrogens (tertiary/aromatic N) is 2. The first kappa shape index (κ1) is 19.6. The van der Waals surface area contributed by atoms with Crippen LogP contribution in [0.1, 0.15) is 10.4 Å². The summed E-state index contributed by atoms with van der Waals surface area (Å²) in [6.45, 7) is 0. The largest absolute Gasteiger partial charge is 0.457 e. The number of ether oxygens (including phenoxy) is 1. The Morgan fingerprint density at radius 1 is 0.931 bits per heavy atom. The van der Waals surface area contributed by atoms with Crippen molar-refractivity contribution in [3.8, 4) is 17.2 Å². The van der Waals surface area contributed by atoms with E-state index in [-0.39, 0.29) is 5.78 Å². The third-order valence-corrected chi connectivity index (χ3v) is 6.38. The smallest absolute Gasteiger partial charge is 0.184 e. The average Bonchev–Trinajstić information content (AvgIpc) is 3.14. The summed E-state index contributed by atoms with van der Waals surface area (Å²) < 4.78 is 8.92. The summed E-state index contributed by atoms with van der Waals surface area (Å²) in [4.78, 5) is 12.5. The minimum atomic E-state index is 0.0358. The molecule has 0 bridgehead atoms. The van der Waals surface area contributed by atoms with Gasteiger partial charge in [0.2, 0.25) is 0 Å². The van der Waals surface area contributed by atoms with Gasteiger partial charge in [-0.25, -0.2) is 4.68 Å². The minimum Gasteiger partial charge on any atom is -0.457 e. The molecule has 0 radical (unpaired) electrons. The van der Waals surface area contributed by atoms with Gasteiger partial charge < -0.3 is 4.74 Å². The number of rotatable bonds is 7. The molecule has 3 aromatic carbocycles. The molecule has 0 spiro atoms. The summed E-state index contributed by atoms with van der Waals surface area (Å²) in [6, 6.07) is 26.5. The lowest BCUT2D eigenvalue weighted by Crippen LogP contribution is -2.02. The number of benzene rings is 3. The molecule has 7 heteroatoms. The van der Waals surface area contributed by atoms with Crippen LogP contribution >= 0.6 is 35.3 Å². The number of thioether (sulfide) groups is 1. The molecular formula is C22H16N2O2S3. The highest BCUT2D eigenvalue weighted by Gasteiger charge is 2.11. The molecular weight excluding hydrogens is 420 g/mol. The Hall–Kier alpha value is -2.74. The van der Waals surface area contributed by atoms with Crippen LogP contribution in [0.5, 0.6) is 11.5 Å². The fraction of sp³-hybridized carbons (Fsp3) is 0.0455. The van der Waals surface area contributed by atoms with E-state index in [4.69, 9.17) is 17.0 Å². The van der Waals surface area contributed by atoms with Crippen molar-refractivity contribution in [2.45, 2.75) is 4.34 Å². The van der Waals surface area contributed by atoms with Gasteiger partial charge in [0.05, 0.1) is 11.4 Å². The zero-order valence-corrected chi connectivity index (χ0v) is 17.7. The monoisotopic (exact) mass is 436 g/mol. The van der Waals surface area contributed by atoms with Gasteiger partial charge in [0.15, 0.2) is 14.1 Å². The van der Waals surface area contributed by atoms with Gasteiger partial charge in [0.1, 0.15) is 11.5 Å². The lowest BCUT2D eigenvalue weighted by molar-refractivity contribution is 0.102. The van der Waals surface area contributed by atoms with Crippen LogP contribution < -0.4 is 4.74 Å². The van der Waals surface area contributed by atoms with Crippen LogP contribution in [0.15, 0.2) is 89.3 Å². The van der Waals surface area contributed by atoms with Crippen LogP contribution in [-0.2, 0) is 0 Å². The molecule has 0 aliphatic heterocycles. The van der Waals surface area contributed by atoms with E-state index in [9.17, 15) is 4.79 Å². The highest BCUT2D eigenvalue weighted by Crippen LogP contribution is 2.26. The van der Waals surface area contributed by atoms with E-state index < -0.39 is 0 Å². The molecule has 0 saturated carbocycles. The topological polar surface area (TPSA) is 44.1 Å². The van der Waals surface area contributed by atoms with Crippen molar-refractivity contribution in [1.29, 1.82) is 0 Å². The van der Waals surface area contributed by atoms with E-state index in [1.165, 1.54) is 23.1 Å². The van der Waals surface area contributed by atoms with Crippen molar-refractivity contribution in [2.75, 3.05) is 5.75 Å². The summed E-state index contributed by atoms with van der Waals surface area (Å²) >= 11 is 8.21. The van der Waals surface area contributed by atoms with Crippen LogP contribution in [0.2, 0.25) is 0 Å². The van der Waals surface area contributed by atoms with Gasteiger partial charge in [0, 0.05) is 5.56 Å². The standard InChI is InChI=1S/C22H16N2O2S3/c25-20(16-11-13-19(14-12-16)26-18-9-5-2-6-10-18)15-28-21-23-24(22(27)29-21)17-7-3-1-4-8-17/h1-14H,15H2. The van der Waals surface area contributed by atoms with Crippen molar-refractivity contribution < 1.29 is 9.53 Å². The molecule has 0 atom stereocenters. The van der Waals surface area contributed by atoms with Crippen LogP contribution in [0, 0.1) is 3.95 Å². The van der Waals surface area contributed by atoms with Crippen LogP contribution in [-0.4, -0.2) is 21.3 Å². The lowest BCUT2D eigenvalue weighted by Gasteiger charge is -2.06. The van der Waals surface area contributed by atoms with Crippen molar-refractivity contribution in [3.05, 3.63) is 94.4 Å². The number of hydrogen-bond acceptors (Lipinski definition) is 6. The Kier molecular flexibility index (Phi) is 6.19. The second-order valence-corrected chi connectivity index (χ2v) is 8.88. The number of ketones is 1. The second-order valence-electron chi connectivity index (χ2n) is 6.03. The molecule has 0 saturated heterocycles. The first-order chi connectivity index (χ1) is 14.2. The van der Waals surface area contributed by atoms with Crippen LogP contribution in [0.4, 0.5) is 0 Å². The minimum absolute atomic E-state index is 0.0358. The summed E-state index contributed by atoms with van der Waals surface area (Å²) in [7, 11) is 0. The fourth-order valence-electron chi connectivity index (χ4n) is 2.60. The van der Waals surface area contributed by atoms with E-state index in [0.29, 0.717) is 21.0 Å². The summed E-state index contributed by atoms with van der Waals surface area (Å²) in [5.74, 6) is 1.79. The van der Waals surface area contributed by atoms with E-state index >= 15 is 0 Å². The van der Waals surface area contributed by atoms with Gasteiger partial charge in [-0.05, 0) is 60.7 Å². The molecule has 4 nitrogen and oxygen atoms in total. The Morgan fingerprint density at radius 3 is 2.24 bits per heavy atom. The maximum Gasteiger partial charge on any atom is 0.184 e. The Balaban J connectivity index is 1.38. The highest BCUT2D eigenvalue weighted by molar-refractivity contribution is 8.01. The van der Waals surface area contributed by atoms with Crippen LogP contribution in [0.3, 0.4) is 0 Å². The van der Waals surface area contributed by atoms with Crippen molar-refractivity contribution in [3.63, 3.8) is 0 Å². The Morgan fingerprint density at radius 2 is 1.55 bits per heavy atom. The number of carbonyl (C=O) groups excluding carboxylic acids is 1. The maximum absolute atomic E-state index is 12.5. The molecule has 0 N–H and O–H groups in total. The predicted octanol–water partition coefficient (Wildman–Crippen LogP) is 6.43. The summed E-state index contributed by atoms with van der Waals surface area (Å²) in [5, 5.41) is 4.53. The molecule has 0 fully saturated rings. The maximum atomic E-state index is 12.5. The summed E-state index contributed by atoms with van der Waals surface area (Å²) in [6.07, 6.45) is 0. The fourth-order valence-corrected chi connectivity index (χ4v) is 4.85. The van der Waals surface area contributed by atoms with Crippen molar-refractivity contribution in [1.82, 2.24) is 9.78 Å². The van der Waals surface area contributed by atoms with E-state index in [0.717, 1.165) is 15.8 Å². The molecule has 1 heterocycles. The number of aromatic nitrogens is 2. The molecule has 0 aliphatic carbocycles. The Labute approximate surface area is 181 Å². The second kappa shape index (κ2) is 9.17. The number of hydrogen-bond donors (Lipinski definition) is 0. The number of carbonyl (C=O) groups is 1. The van der Waals surface area contributed by atoms with Gasteiger partial charge in [0.25, 0.3) is 0 Å².